The Labute approximate surface area is 168 Å². The lowest BCUT2D eigenvalue weighted by Crippen LogP contribution is -2.39. The van der Waals surface area contributed by atoms with Crippen LogP contribution in [0, 0.1) is 0 Å². The molecule has 2 aromatic rings. The molecule has 2 rings (SSSR count). The molecule has 0 aliphatic heterocycles. The molecule has 0 saturated heterocycles. The third-order valence-corrected chi connectivity index (χ3v) is 3.68. The van der Waals surface area contributed by atoms with Crippen molar-refractivity contribution >= 4 is 29.9 Å². The van der Waals surface area contributed by atoms with Gasteiger partial charge in [-0.15, -0.1) is 24.0 Å². The number of guanidine groups is 1. The van der Waals surface area contributed by atoms with Gasteiger partial charge in [-0.1, -0.05) is 12.1 Å². The molecule has 0 unspecified atom stereocenters. The first-order chi connectivity index (χ1) is 11.9. The third-order valence-electron chi connectivity index (χ3n) is 3.68. The monoisotopic (exact) mass is 481 g/mol. The van der Waals surface area contributed by atoms with Gasteiger partial charge in [0.15, 0.2) is 5.96 Å². The van der Waals surface area contributed by atoms with E-state index in [1.807, 2.05) is 28.9 Å². The van der Waals surface area contributed by atoms with Gasteiger partial charge in [0.05, 0.1) is 5.56 Å². The SMILES string of the molecule is CN=C(NCCCn1cccn1)N(C)Cc1ccc(C(F)(F)F)cc1.I. The van der Waals surface area contributed by atoms with Crippen molar-refractivity contribution in [3.05, 3.63) is 53.9 Å². The summed E-state index contributed by atoms with van der Waals surface area (Å²) in [4.78, 5) is 6.08. The van der Waals surface area contributed by atoms with Crippen LogP contribution in [0.2, 0.25) is 0 Å². The van der Waals surface area contributed by atoms with Gasteiger partial charge in [-0.3, -0.25) is 9.67 Å². The highest BCUT2D eigenvalue weighted by molar-refractivity contribution is 14.0. The largest absolute Gasteiger partial charge is 0.416 e. The van der Waals surface area contributed by atoms with Crippen molar-refractivity contribution in [1.82, 2.24) is 20.0 Å². The Morgan fingerprint density at radius 2 is 1.96 bits per heavy atom. The number of aromatic nitrogens is 2. The van der Waals surface area contributed by atoms with Gasteiger partial charge in [0.1, 0.15) is 0 Å². The molecule has 0 radical (unpaired) electrons. The Kier molecular flexibility index (Phi) is 8.89. The summed E-state index contributed by atoms with van der Waals surface area (Å²) < 4.78 is 39.6. The van der Waals surface area contributed by atoms with E-state index in [9.17, 15) is 13.2 Å². The van der Waals surface area contributed by atoms with Crippen molar-refractivity contribution in [2.75, 3.05) is 20.6 Å². The van der Waals surface area contributed by atoms with Crippen LogP contribution in [-0.4, -0.2) is 41.3 Å². The van der Waals surface area contributed by atoms with Gasteiger partial charge in [0.25, 0.3) is 0 Å². The van der Waals surface area contributed by atoms with E-state index in [1.165, 1.54) is 12.1 Å². The van der Waals surface area contributed by atoms with Crippen LogP contribution in [0.5, 0.6) is 0 Å². The van der Waals surface area contributed by atoms with E-state index in [1.54, 1.807) is 13.2 Å². The first kappa shape index (κ1) is 22.3. The summed E-state index contributed by atoms with van der Waals surface area (Å²) in [5.74, 6) is 0.695. The standard InChI is InChI=1S/C17H22F3N5.HI/c1-21-16(22-9-3-11-25-12-4-10-23-25)24(2)13-14-5-7-15(8-6-14)17(18,19)20;/h4-8,10,12H,3,9,11,13H2,1-2H3,(H,21,22);1H. The van der Waals surface area contributed by atoms with Crippen molar-refractivity contribution < 1.29 is 13.2 Å². The normalized spacial score (nSPS) is 11.8. The molecule has 0 aliphatic rings. The summed E-state index contributed by atoms with van der Waals surface area (Å²) in [5, 5.41) is 7.38. The quantitative estimate of drug-likeness (QED) is 0.297. The highest BCUT2D eigenvalue weighted by atomic mass is 127. The smallest absolute Gasteiger partial charge is 0.356 e. The second-order valence-electron chi connectivity index (χ2n) is 5.65. The molecule has 0 saturated carbocycles. The summed E-state index contributed by atoms with van der Waals surface area (Å²) in [6, 6.07) is 7.06. The van der Waals surface area contributed by atoms with Crippen molar-refractivity contribution in [3.63, 3.8) is 0 Å². The molecule has 1 aromatic heterocycles. The third kappa shape index (κ3) is 6.85. The fourth-order valence-electron chi connectivity index (χ4n) is 2.41. The fraction of sp³-hybridized carbons (Fsp3) is 0.412. The van der Waals surface area contributed by atoms with E-state index in [2.05, 4.69) is 15.4 Å². The van der Waals surface area contributed by atoms with Crippen LogP contribution in [0.3, 0.4) is 0 Å². The van der Waals surface area contributed by atoms with Gasteiger partial charge in [-0.05, 0) is 30.2 Å². The number of aliphatic imine (C=N–C) groups is 1. The minimum absolute atomic E-state index is 0. The molecule has 26 heavy (non-hydrogen) atoms. The number of nitrogens with one attached hydrogen (secondary N) is 1. The maximum Gasteiger partial charge on any atom is 0.416 e. The topological polar surface area (TPSA) is 45.5 Å². The van der Waals surface area contributed by atoms with Gasteiger partial charge < -0.3 is 10.2 Å². The van der Waals surface area contributed by atoms with E-state index in [0.29, 0.717) is 12.5 Å². The molecule has 1 N–H and O–H groups in total. The molecule has 0 amide bonds. The Morgan fingerprint density at radius 3 is 2.50 bits per heavy atom. The highest BCUT2D eigenvalue weighted by Gasteiger charge is 2.29. The van der Waals surface area contributed by atoms with E-state index in [4.69, 9.17) is 0 Å². The first-order valence-electron chi connectivity index (χ1n) is 7.95. The van der Waals surface area contributed by atoms with Crippen LogP contribution in [0.15, 0.2) is 47.7 Å². The number of rotatable bonds is 6. The molecule has 1 aromatic carbocycles. The number of halogens is 4. The summed E-state index contributed by atoms with van der Waals surface area (Å²) in [6.45, 7) is 2.00. The Hall–Kier alpha value is -1.78. The predicted octanol–water partition coefficient (Wildman–Crippen LogP) is 3.62. The first-order valence-corrected chi connectivity index (χ1v) is 7.95. The van der Waals surface area contributed by atoms with Crippen LogP contribution in [0.4, 0.5) is 13.2 Å². The molecule has 0 fully saturated rings. The summed E-state index contributed by atoms with van der Waals surface area (Å²) in [5.41, 5.74) is 0.148. The maximum atomic E-state index is 12.6. The van der Waals surface area contributed by atoms with Crippen molar-refractivity contribution in [2.45, 2.75) is 25.7 Å². The van der Waals surface area contributed by atoms with Crippen molar-refractivity contribution in [1.29, 1.82) is 0 Å². The number of hydrogen-bond acceptors (Lipinski definition) is 2. The van der Waals surface area contributed by atoms with Crippen LogP contribution in [0.1, 0.15) is 17.5 Å². The maximum absolute atomic E-state index is 12.6. The number of alkyl halides is 3. The lowest BCUT2D eigenvalue weighted by Gasteiger charge is -2.22. The molecule has 1 heterocycles. The molecule has 0 aliphatic carbocycles. The van der Waals surface area contributed by atoms with E-state index >= 15 is 0 Å². The van der Waals surface area contributed by atoms with Gasteiger partial charge in [-0.2, -0.15) is 18.3 Å². The molecule has 144 valence electrons. The van der Waals surface area contributed by atoms with Gasteiger partial charge in [0, 0.05) is 46.1 Å². The second-order valence-corrected chi connectivity index (χ2v) is 5.65. The molecule has 0 atom stereocenters. The highest BCUT2D eigenvalue weighted by Crippen LogP contribution is 2.29. The molecule has 9 heteroatoms. The van der Waals surface area contributed by atoms with Gasteiger partial charge in [0.2, 0.25) is 0 Å². The zero-order valence-electron chi connectivity index (χ0n) is 14.7. The second kappa shape index (κ2) is 10.4. The zero-order valence-corrected chi connectivity index (χ0v) is 17.0. The number of benzene rings is 1. The van der Waals surface area contributed by atoms with Crippen LogP contribution < -0.4 is 5.32 Å². The average molecular weight is 481 g/mol. The summed E-state index contributed by atoms with van der Waals surface area (Å²) >= 11 is 0. The minimum atomic E-state index is -4.31. The number of hydrogen-bond donors (Lipinski definition) is 1. The van der Waals surface area contributed by atoms with Crippen LogP contribution in [-0.2, 0) is 19.3 Å². The Bertz CT molecular complexity index is 669. The summed E-state index contributed by atoms with van der Waals surface area (Å²) in [7, 11) is 3.53. The molecular weight excluding hydrogens is 458 g/mol. The predicted molar refractivity (Wildman–Crippen MR) is 107 cm³/mol. The lowest BCUT2D eigenvalue weighted by molar-refractivity contribution is -0.137. The van der Waals surface area contributed by atoms with E-state index in [0.717, 1.165) is 37.2 Å². The average Bonchev–Trinajstić information content (AvgIpc) is 3.08. The van der Waals surface area contributed by atoms with Crippen LogP contribution in [0.25, 0.3) is 0 Å². The molecular formula is C17H23F3IN5. The Morgan fingerprint density at radius 1 is 1.27 bits per heavy atom. The fourth-order valence-corrected chi connectivity index (χ4v) is 2.41. The number of aryl methyl sites for hydroxylation is 1. The van der Waals surface area contributed by atoms with Crippen molar-refractivity contribution in [2.24, 2.45) is 4.99 Å². The van der Waals surface area contributed by atoms with Gasteiger partial charge in [-0.25, -0.2) is 0 Å². The number of nitrogens with zero attached hydrogens (tertiary/aromatic N) is 4. The lowest BCUT2D eigenvalue weighted by atomic mass is 10.1. The molecule has 5 nitrogen and oxygen atoms in total. The zero-order chi connectivity index (χ0) is 18.3. The van der Waals surface area contributed by atoms with Crippen molar-refractivity contribution in [3.8, 4) is 0 Å². The molecule has 0 bridgehead atoms. The molecule has 0 spiro atoms. The van der Waals surface area contributed by atoms with E-state index in [-0.39, 0.29) is 24.0 Å². The van der Waals surface area contributed by atoms with Gasteiger partial charge >= 0.3 is 6.18 Å². The minimum Gasteiger partial charge on any atom is -0.356 e. The Balaban J connectivity index is 0.00000338. The van der Waals surface area contributed by atoms with E-state index < -0.39 is 11.7 Å². The summed E-state index contributed by atoms with van der Waals surface area (Å²) in [6.07, 6.45) is 0.223. The van der Waals surface area contributed by atoms with Crippen LogP contribution >= 0.6 is 24.0 Å².